The van der Waals surface area contributed by atoms with Gasteiger partial charge < -0.3 is 18.9 Å². The van der Waals surface area contributed by atoms with E-state index in [1.54, 1.807) is 12.2 Å². The second-order valence-corrected chi connectivity index (χ2v) is 4.16. The highest BCUT2D eigenvalue weighted by Gasteiger charge is 2.24. The van der Waals surface area contributed by atoms with E-state index in [0.29, 0.717) is 26.4 Å². The zero-order chi connectivity index (χ0) is 12.8. The van der Waals surface area contributed by atoms with Gasteiger partial charge in [0.1, 0.15) is 25.4 Å². The largest absolute Gasteiger partial charge is 0.463 e. The molecule has 0 spiro atoms. The summed E-state index contributed by atoms with van der Waals surface area (Å²) in [6.45, 7) is 1.96. The monoisotopic (exact) mass is 256 g/mol. The Morgan fingerprint density at radius 1 is 0.944 bits per heavy atom. The van der Waals surface area contributed by atoms with Crippen molar-refractivity contribution in [1.82, 2.24) is 0 Å². The Morgan fingerprint density at radius 2 is 1.33 bits per heavy atom. The second kappa shape index (κ2) is 6.51. The molecule has 2 aliphatic rings. The molecule has 0 radical (unpaired) electrons. The minimum absolute atomic E-state index is 0.0811. The standard InChI is InChI=1S/C12H16O6/c13-11(17-7-9-5-15-9)3-1-2-4-12(14)18-8-10-6-16-10/h1-2,9-10H,3-8H2/b2-1+. The maximum Gasteiger partial charge on any atom is 0.309 e. The molecule has 2 unspecified atom stereocenters. The summed E-state index contributed by atoms with van der Waals surface area (Å²) in [7, 11) is 0. The fourth-order valence-electron chi connectivity index (χ4n) is 1.18. The smallest absolute Gasteiger partial charge is 0.309 e. The molecule has 0 aromatic carbocycles. The Hall–Kier alpha value is -1.40. The Labute approximate surface area is 105 Å². The highest BCUT2D eigenvalue weighted by molar-refractivity contribution is 5.73. The van der Waals surface area contributed by atoms with E-state index in [0.717, 1.165) is 0 Å². The first-order valence-corrected chi connectivity index (χ1v) is 5.93. The van der Waals surface area contributed by atoms with Crippen LogP contribution in [0.5, 0.6) is 0 Å². The molecular weight excluding hydrogens is 240 g/mol. The van der Waals surface area contributed by atoms with E-state index < -0.39 is 0 Å². The normalized spacial score (nSPS) is 24.9. The SMILES string of the molecule is O=C(C/C=C/CC(=O)OCC1CO1)OCC1CO1. The molecule has 100 valence electrons. The quantitative estimate of drug-likeness (QED) is 0.351. The van der Waals surface area contributed by atoms with Gasteiger partial charge in [0.05, 0.1) is 26.1 Å². The Bertz CT molecular complexity index is 297. The number of hydrogen-bond donors (Lipinski definition) is 0. The number of esters is 2. The third-order valence-corrected chi connectivity index (χ3v) is 2.40. The zero-order valence-electron chi connectivity index (χ0n) is 10.0. The summed E-state index contributed by atoms with van der Waals surface area (Å²) in [6.07, 6.45) is 3.68. The maximum absolute atomic E-state index is 11.2. The van der Waals surface area contributed by atoms with Crippen LogP contribution >= 0.6 is 0 Å². The number of epoxide rings is 2. The first kappa shape index (κ1) is 13.0. The molecule has 2 aliphatic heterocycles. The second-order valence-electron chi connectivity index (χ2n) is 4.16. The minimum atomic E-state index is -0.318. The Balaban J connectivity index is 1.47. The lowest BCUT2D eigenvalue weighted by Gasteiger charge is -2.00. The predicted molar refractivity (Wildman–Crippen MR) is 59.8 cm³/mol. The average molecular weight is 256 g/mol. The highest BCUT2D eigenvalue weighted by Crippen LogP contribution is 2.09. The molecule has 2 fully saturated rings. The number of hydrogen-bond acceptors (Lipinski definition) is 6. The number of carbonyl (C=O) groups is 2. The van der Waals surface area contributed by atoms with Gasteiger partial charge in [0.25, 0.3) is 0 Å². The van der Waals surface area contributed by atoms with E-state index in [9.17, 15) is 9.59 Å². The summed E-state index contributed by atoms with van der Waals surface area (Å²) in [5, 5.41) is 0. The molecule has 0 amide bonds. The van der Waals surface area contributed by atoms with Crippen LogP contribution in [0.3, 0.4) is 0 Å². The van der Waals surface area contributed by atoms with E-state index in [1.165, 1.54) is 0 Å². The van der Waals surface area contributed by atoms with Gasteiger partial charge in [0.2, 0.25) is 0 Å². The van der Waals surface area contributed by atoms with Crippen molar-refractivity contribution >= 4 is 11.9 Å². The van der Waals surface area contributed by atoms with Crippen molar-refractivity contribution < 1.29 is 28.5 Å². The summed E-state index contributed by atoms with van der Waals surface area (Å²) >= 11 is 0. The highest BCUT2D eigenvalue weighted by atomic mass is 16.6. The van der Waals surface area contributed by atoms with Gasteiger partial charge in [0, 0.05) is 0 Å². The van der Waals surface area contributed by atoms with E-state index >= 15 is 0 Å². The van der Waals surface area contributed by atoms with Gasteiger partial charge in [0.15, 0.2) is 0 Å². The molecule has 0 aromatic heterocycles. The number of ether oxygens (including phenoxy) is 4. The number of rotatable bonds is 8. The summed E-state index contributed by atoms with van der Waals surface area (Å²) < 4.78 is 19.6. The average Bonchev–Trinajstić information content (AvgIpc) is 3.23. The summed E-state index contributed by atoms with van der Waals surface area (Å²) in [6, 6.07) is 0. The third kappa shape index (κ3) is 5.79. The van der Waals surface area contributed by atoms with Gasteiger partial charge in [-0.1, -0.05) is 12.2 Å². The lowest BCUT2D eigenvalue weighted by molar-refractivity contribution is -0.144. The first-order chi connectivity index (χ1) is 8.74. The van der Waals surface area contributed by atoms with Crippen LogP contribution in [0.1, 0.15) is 12.8 Å². The van der Waals surface area contributed by atoms with E-state index in [-0.39, 0.29) is 37.0 Å². The third-order valence-electron chi connectivity index (χ3n) is 2.40. The van der Waals surface area contributed by atoms with Crippen molar-refractivity contribution in [3.63, 3.8) is 0 Å². The van der Waals surface area contributed by atoms with Crippen LogP contribution < -0.4 is 0 Å². The van der Waals surface area contributed by atoms with Crippen LogP contribution in [-0.4, -0.2) is 50.6 Å². The lowest BCUT2D eigenvalue weighted by Crippen LogP contribution is -2.09. The van der Waals surface area contributed by atoms with Crippen molar-refractivity contribution in [2.24, 2.45) is 0 Å². The fraction of sp³-hybridized carbons (Fsp3) is 0.667. The van der Waals surface area contributed by atoms with Crippen molar-refractivity contribution in [2.45, 2.75) is 25.0 Å². The Morgan fingerprint density at radius 3 is 1.67 bits per heavy atom. The predicted octanol–water partition coefficient (Wildman–Crippen LogP) is 0.207. The van der Waals surface area contributed by atoms with Crippen molar-refractivity contribution in [1.29, 1.82) is 0 Å². The fourth-order valence-corrected chi connectivity index (χ4v) is 1.18. The molecular formula is C12H16O6. The molecule has 6 heteroatoms. The lowest BCUT2D eigenvalue weighted by atomic mass is 10.3. The van der Waals surface area contributed by atoms with Crippen LogP contribution in [0.2, 0.25) is 0 Å². The molecule has 2 atom stereocenters. The van der Waals surface area contributed by atoms with Crippen LogP contribution in [-0.2, 0) is 28.5 Å². The molecule has 0 aromatic rings. The molecule has 0 bridgehead atoms. The molecule has 2 saturated heterocycles. The number of carbonyl (C=O) groups excluding carboxylic acids is 2. The van der Waals surface area contributed by atoms with Crippen molar-refractivity contribution in [2.75, 3.05) is 26.4 Å². The Kier molecular flexibility index (Phi) is 4.72. The zero-order valence-corrected chi connectivity index (χ0v) is 10.0. The van der Waals surface area contributed by atoms with Gasteiger partial charge in [-0.15, -0.1) is 0 Å². The van der Waals surface area contributed by atoms with Gasteiger partial charge >= 0.3 is 11.9 Å². The molecule has 0 N–H and O–H groups in total. The first-order valence-electron chi connectivity index (χ1n) is 5.93. The molecule has 2 heterocycles. The molecule has 6 nitrogen and oxygen atoms in total. The summed E-state index contributed by atoms with van der Waals surface area (Å²) in [5.41, 5.74) is 0. The molecule has 18 heavy (non-hydrogen) atoms. The van der Waals surface area contributed by atoms with E-state index in [2.05, 4.69) is 0 Å². The van der Waals surface area contributed by atoms with E-state index in [1.807, 2.05) is 0 Å². The molecule has 0 aliphatic carbocycles. The summed E-state index contributed by atoms with van der Waals surface area (Å²) in [4.78, 5) is 22.4. The van der Waals surface area contributed by atoms with E-state index in [4.69, 9.17) is 18.9 Å². The van der Waals surface area contributed by atoms with Crippen molar-refractivity contribution in [3.8, 4) is 0 Å². The van der Waals surface area contributed by atoms with Gasteiger partial charge in [-0.3, -0.25) is 9.59 Å². The van der Waals surface area contributed by atoms with Gasteiger partial charge in [-0.05, 0) is 0 Å². The molecule has 2 rings (SSSR count). The topological polar surface area (TPSA) is 77.7 Å². The summed E-state index contributed by atoms with van der Waals surface area (Å²) in [5.74, 6) is -0.636. The van der Waals surface area contributed by atoms with Crippen molar-refractivity contribution in [3.05, 3.63) is 12.2 Å². The van der Waals surface area contributed by atoms with Crippen LogP contribution in [0, 0.1) is 0 Å². The maximum atomic E-state index is 11.2. The van der Waals surface area contributed by atoms with Gasteiger partial charge in [-0.25, -0.2) is 0 Å². The van der Waals surface area contributed by atoms with Gasteiger partial charge in [-0.2, -0.15) is 0 Å². The van der Waals surface area contributed by atoms with Crippen LogP contribution in [0.25, 0.3) is 0 Å². The molecule has 0 saturated carbocycles. The van der Waals surface area contributed by atoms with Crippen LogP contribution in [0.15, 0.2) is 12.2 Å². The van der Waals surface area contributed by atoms with Crippen LogP contribution in [0.4, 0.5) is 0 Å². The minimum Gasteiger partial charge on any atom is -0.463 e.